The number of hydrogen-bond acceptors (Lipinski definition) is 2. The molecule has 0 spiro atoms. The van der Waals surface area contributed by atoms with Gasteiger partial charge in [0.1, 0.15) is 5.82 Å². The van der Waals surface area contributed by atoms with Gasteiger partial charge in [-0.25, -0.2) is 4.39 Å². The number of para-hydroxylation sites is 1. The molecule has 2 aromatic rings. The molecule has 2 aromatic carbocycles. The van der Waals surface area contributed by atoms with Crippen LogP contribution in [0.2, 0.25) is 0 Å². The van der Waals surface area contributed by atoms with Crippen molar-refractivity contribution in [3.8, 4) is 0 Å². The minimum absolute atomic E-state index is 0.0904. The van der Waals surface area contributed by atoms with Crippen LogP contribution in [-0.4, -0.2) is 18.4 Å². The number of anilines is 2. The summed E-state index contributed by atoms with van der Waals surface area (Å²) in [6, 6.07) is 9.64. The van der Waals surface area contributed by atoms with Crippen LogP contribution in [0.15, 0.2) is 36.4 Å². The summed E-state index contributed by atoms with van der Waals surface area (Å²) < 4.78 is 13.7. The SMILES string of the molecule is O=C(Nc1ccccc1F)c1cc2c3c(c1)CC(=O)N3CCC2. The van der Waals surface area contributed by atoms with Gasteiger partial charge in [0.05, 0.1) is 17.8 Å². The predicted molar refractivity (Wildman–Crippen MR) is 85.2 cm³/mol. The second kappa shape index (κ2) is 5.19. The Morgan fingerprint density at radius 3 is 2.78 bits per heavy atom. The highest BCUT2D eigenvalue weighted by molar-refractivity contribution is 6.08. The van der Waals surface area contributed by atoms with E-state index in [1.807, 2.05) is 11.0 Å². The van der Waals surface area contributed by atoms with E-state index in [2.05, 4.69) is 5.32 Å². The zero-order chi connectivity index (χ0) is 16.0. The van der Waals surface area contributed by atoms with E-state index in [0.717, 1.165) is 36.2 Å². The normalized spacial score (nSPS) is 15.5. The van der Waals surface area contributed by atoms with Crippen molar-refractivity contribution in [2.24, 2.45) is 0 Å². The summed E-state index contributed by atoms with van der Waals surface area (Å²) in [6.07, 6.45) is 2.09. The largest absolute Gasteiger partial charge is 0.319 e. The maximum Gasteiger partial charge on any atom is 0.255 e. The quantitative estimate of drug-likeness (QED) is 0.927. The number of hydrogen-bond donors (Lipinski definition) is 1. The molecule has 0 aliphatic carbocycles. The Labute approximate surface area is 132 Å². The first-order chi connectivity index (χ1) is 11.1. The first-order valence-electron chi connectivity index (χ1n) is 7.65. The maximum absolute atomic E-state index is 13.7. The van der Waals surface area contributed by atoms with Crippen LogP contribution in [0.4, 0.5) is 15.8 Å². The lowest BCUT2D eigenvalue weighted by atomic mass is 9.96. The molecule has 0 fully saturated rings. The maximum atomic E-state index is 13.7. The standard InChI is InChI=1S/C18H15FN2O2/c19-14-5-1-2-6-15(14)20-18(23)13-8-11-4-3-7-21-16(22)10-12(9-13)17(11)21/h1-2,5-6,8-9H,3-4,7,10H2,(H,20,23). The number of carbonyl (C=O) groups is 2. The monoisotopic (exact) mass is 310 g/mol. The summed E-state index contributed by atoms with van der Waals surface area (Å²) in [5.41, 5.74) is 3.52. The Hall–Kier alpha value is -2.69. The van der Waals surface area contributed by atoms with E-state index >= 15 is 0 Å². The summed E-state index contributed by atoms with van der Waals surface area (Å²) in [5.74, 6) is -0.733. The molecule has 0 unspecified atom stereocenters. The van der Waals surface area contributed by atoms with Gasteiger partial charge in [-0.05, 0) is 48.2 Å². The fraction of sp³-hybridized carbons (Fsp3) is 0.222. The third kappa shape index (κ3) is 2.29. The van der Waals surface area contributed by atoms with E-state index in [4.69, 9.17) is 0 Å². The number of benzene rings is 2. The van der Waals surface area contributed by atoms with Crippen LogP contribution in [0.1, 0.15) is 27.9 Å². The zero-order valence-corrected chi connectivity index (χ0v) is 12.4. The third-order valence-corrected chi connectivity index (χ3v) is 4.39. The first-order valence-corrected chi connectivity index (χ1v) is 7.65. The van der Waals surface area contributed by atoms with Gasteiger partial charge in [-0.15, -0.1) is 0 Å². The molecular weight excluding hydrogens is 295 g/mol. The molecule has 2 amide bonds. The zero-order valence-electron chi connectivity index (χ0n) is 12.4. The second-order valence-electron chi connectivity index (χ2n) is 5.90. The summed E-state index contributed by atoms with van der Waals surface area (Å²) in [6.45, 7) is 0.750. The molecule has 0 bridgehead atoms. The molecule has 2 aliphatic heterocycles. The average Bonchev–Trinajstić information content (AvgIpc) is 2.87. The molecule has 2 aliphatic rings. The Kier molecular flexibility index (Phi) is 3.15. The lowest BCUT2D eigenvalue weighted by Gasteiger charge is -2.25. The topological polar surface area (TPSA) is 49.4 Å². The van der Waals surface area contributed by atoms with E-state index in [1.165, 1.54) is 12.1 Å². The number of carbonyl (C=O) groups excluding carboxylic acids is 2. The van der Waals surface area contributed by atoms with Crippen molar-refractivity contribution in [3.63, 3.8) is 0 Å². The molecule has 23 heavy (non-hydrogen) atoms. The van der Waals surface area contributed by atoms with Crippen LogP contribution in [0.5, 0.6) is 0 Å². The summed E-state index contributed by atoms with van der Waals surface area (Å²) >= 11 is 0. The van der Waals surface area contributed by atoms with E-state index < -0.39 is 5.82 Å². The number of amides is 2. The number of halogens is 1. The van der Waals surface area contributed by atoms with Gasteiger partial charge in [0.2, 0.25) is 5.91 Å². The van der Waals surface area contributed by atoms with Crippen molar-refractivity contribution in [1.29, 1.82) is 0 Å². The minimum atomic E-state index is -0.468. The number of nitrogens with zero attached hydrogens (tertiary/aromatic N) is 1. The number of nitrogens with one attached hydrogen (secondary N) is 1. The predicted octanol–water partition coefficient (Wildman–Crippen LogP) is 2.91. The average molecular weight is 310 g/mol. The Morgan fingerprint density at radius 1 is 1.17 bits per heavy atom. The van der Waals surface area contributed by atoms with E-state index in [0.29, 0.717) is 12.0 Å². The van der Waals surface area contributed by atoms with Crippen LogP contribution >= 0.6 is 0 Å². The van der Waals surface area contributed by atoms with Gasteiger partial charge in [0.25, 0.3) is 5.91 Å². The molecule has 0 atom stereocenters. The third-order valence-electron chi connectivity index (χ3n) is 4.39. The highest BCUT2D eigenvalue weighted by atomic mass is 19.1. The van der Waals surface area contributed by atoms with Crippen LogP contribution < -0.4 is 10.2 Å². The van der Waals surface area contributed by atoms with E-state index in [9.17, 15) is 14.0 Å². The summed E-state index contributed by atoms with van der Waals surface area (Å²) in [5, 5.41) is 2.60. The minimum Gasteiger partial charge on any atom is -0.319 e. The molecule has 0 saturated carbocycles. The highest BCUT2D eigenvalue weighted by Crippen LogP contribution is 2.37. The Morgan fingerprint density at radius 2 is 1.96 bits per heavy atom. The highest BCUT2D eigenvalue weighted by Gasteiger charge is 2.32. The van der Waals surface area contributed by atoms with Gasteiger partial charge in [-0.1, -0.05) is 12.1 Å². The van der Waals surface area contributed by atoms with Crippen molar-refractivity contribution in [2.75, 3.05) is 16.8 Å². The smallest absolute Gasteiger partial charge is 0.255 e. The molecule has 4 rings (SSSR count). The fourth-order valence-electron chi connectivity index (χ4n) is 3.37. The Bertz CT molecular complexity index is 832. The van der Waals surface area contributed by atoms with Gasteiger partial charge >= 0.3 is 0 Å². The van der Waals surface area contributed by atoms with E-state index in [1.54, 1.807) is 18.2 Å². The van der Waals surface area contributed by atoms with Crippen LogP contribution in [-0.2, 0) is 17.6 Å². The van der Waals surface area contributed by atoms with Gasteiger partial charge in [-0.3, -0.25) is 9.59 Å². The van der Waals surface area contributed by atoms with Crippen molar-refractivity contribution in [1.82, 2.24) is 0 Å². The van der Waals surface area contributed by atoms with Gasteiger partial charge in [-0.2, -0.15) is 0 Å². The van der Waals surface area contributed by atoms with Crippen LogP contribution in [0, 0.1) is 5.82 Å². The van der Waals surface area contributed by atoms with Crippen molar-refractivity contribution >= 4 is 23.2 Å². The van der Waals surface area contributed by atoms with Crippen molar-refractivity contribution in [2.45, 2.75) is 19.3 Å². The molecule has 0 saturated heterocycles. The van der Waals surface area contributed by atoms with Gasteiger partial charge in [0.15, 0.2) is 0 Å². The van der Waals surface area contributed by atoms with Gasteiger partial charge < -0.3 is 10.2 Å². The van der Waals surface area contributed by atoms with Crippen LogP contribution in [0.25, 0.3) is 0 Å². The molecule has 5 heteroatoms. The van der Waals surface area contributed by atoms with E-state index in [-0.39, 0.29) is 17.5 Å². The molecule has 4 nitrogen and oxygen atoms in total. The molecule has 0 aromatic heterocycles. The second-order valence-corrected chi connectivity index (χ2v) is 5.90. The van der Waals surface area contributed by atoms with Crippen LogP contribution in [0.3, 0.4) is 0 Å². The molecule has 0 radical (unpaired) electrons. The molecule has 116 valence electrons. The fourth-order valence-corrected chi connectivity index (χ4v) is 3.37. The molecular formula is C18H15FN2O2. The molecule has 1 N–H and O–H groups in total. The first kappa shape index (κ1) is 13.9. The number of rotatable bonds is 2. The summed E-state index contributed by atoms with van der Waals surface area (Å²) in [7, 11) is 0. The number of aryl methyl sites for hydroxylation is 1. The molecule has 2 heterocycles. The van der Waals surface area contributed by atoms with Crippen molar-refractivity contribution < 1.29 is 14.0 Å². The van der Waals surface area contributed by atoms with Gasteiger partial charge in [0, 0.05) is 12.1 Å². The lowest BCUT2D eigenvalue weighted by Crippen LogP contribution is -2.31. The van der Waals surface area contributed by atoms with Crippen molar-refractivity contribution in [3.05, 3.63) is 58.9 Å². The lowest BCUT2D eigenvalue weighted by molar-refractivity contribution is -0.117. The summed E-state index contributed by atoms with van der Waals surface area (Å²) in [4.78, 5) is 26.3. The Balaban J connectivity index is 1.68.